The van der Waals surface area contributed by atoms with Crippen molar-refractivity contribution in [1.29, 1.82) is 0 Å². The fourth-order valence-corrected chi connectivity index (χ4v) is 2.38. The van der Waals surface area contributed by atoms with Crippen LogP contribution in [0.2, 0.25) is 0 Å². The molecule has 94 valence electrons. The van der Waals surface area contributed by atoms with Gasteiger partial charge in [0.25, 0.3) is 0 Å². The minimum Gasteiger partial charge on any atom is -0.353 e. The number of nitrogens with one attached hydrogen (secondary N) is 1. The first-order valence-corrected chi connectivity index (χ1v) is 6.22. The van der Waals surface area contributed by atoms with E-state index < -0.39 is 0 Å². The van der Waals surface area contributed by atoms with E-state index in [4.69, 9.17) is 5.73 Å². The largest absolute Gasteiger partial charge is 0.353 e. The zero-order valence-electron chi connectivity index (χ0n) is 10.8. The average molecular weight is 227 g/mol. The Labute approximate surface area is 98.6 Å². The third-order valence-corrected chi connectivity index (χ3v) is 3.85. The Kier molecular flexibility index (Phi) is 4.74. The molecule has 1 rings (SSSR count). The maximum atomic E-state index is 11.6. The first-order valence-electron chi connectivity index (χ1n) is 6.22. The summed E-state index contributed by atoms with van der Waals surface area (Å²) in [5, 5.41) is 2.99. The van der Waals surface area contributed by atoms with Crippen LogP contribution in [0.15, 0.2) is 0 Å². The Balaban J connectivity index is 2.48. The van der Waals surface area contributed by atoms with Gasteiger partial charge in [-0.1, -0.05) is 19.8 Å². The second kappa shape index (κ2) is 5.64. The highest BCUT2D eigenvalue weighted by Crippen LogP contribution is 2.33. The lowest BCUT2D eigenvalue weighted by Crippen LogP contribution is -2.53. The van der Waals surface area contributed by atoms with Crippen molar-refractivity contribution in [2.45, 2.75) is 50.6 Å². The van der Waals surface area contributed by atoms with Crippen LogP contribution in [0.1, 0.15) is 39.0 Å². The Morgan fingerprint density at radius 3 is 2.44 bits per heavy atom. The summed E-state index contributed by atoms with van der Waals surface area (Å²) in [5.41, 5.74) is 5.85. The molecule has 4 heteroatoms. The molecule has 0 spiro atoms. The van der Waals surface area contributed by atoms with Gasteiger partial charge in [0.2, 0.25) is 5.91 Å². The topological polar surface area (TPSA) is 58.4 Å². The van der Waals surface area contributed by atoms with Gasteiger partial charge in [0.05, 0.1) is 6.04 Å². The standard InChI is InChI=1S/C12H25N3O/c1-4-10(13)11(16)14-9-12(15(2)3)7-5-6-8-12/h10H,4-9,13H2,1-3H3,(H,14,16)/t10-/m1/s1. The Hall–Kier alpha value is -0.610. The van der Waals surface area contributed by atoms with E-state index in [9.17, 15) is 4.79 Å². The SMILES string of the molecule is CC[C@@H](N)C(=O)NCC1(N(C)C)CCCC1. The molecule has 0 aromatic carbocycles. The Bertz CT molecular complexity index is 234. The zero-order valence-corrected chi connectivity index (χ0v) is 10.8. The monoisotopic (exact) mass is 227 g/mol. The summed E-state index contributed by atoms with van der Waals surface area (Å²) < 4.78 is 0. The summed E-state index contributed by atoms with van der Waals surface area (Å²) in [6.07, 6.45) is 5.55. The highest BCUT2D eigenvalue weighted by molar-refractivity contribution is 5.81. The number of amides is 1. The number of hydrogen-bond acceptors (Lipinski definition) is 3. The number of rotatable bonds is 5. The molecule has 0 aromatic heterocycles. The zero-order chi connectivity index (χ0) is 12.2. The Morgan fingerprint density at radius 1 is 1.44 bits per heavy atom. The van der Waals surface area contributed by atoms with Crippen molar-refractivity contribution < 1.29 is 4.79 Å². The molecule has 0 radical (unpaired) electrons. The lowest BCUT2D eigenvalue weighted by Gasteiger charge is -2.36. The lowest BCUT2D eigenvalue weighted by atomic mass is 9.96. The summed E-state index contributed by atoms with van der Waals surface area (Å²) in [7, 11) is 4.19. The van der Waals surface area contributed by atoms with Gasteiger partial charge in [0.15, 0.2) is 0 Å². The van der Waals surface area contributed by atoms with E-state index in [0.717, 1.165) is 6.54 Å². The number of nitrogens with two attached hydrogens (primary N) is 1. The molecule has 1 atom stereocenters. The van der Waals surface area contributed by atoms with Crippen LogP contribution in [0.5, 0.6) is 0 Å². The molecular weight excluding hydrogens is 202 g/mol. The predicted molar refractivity (Wildman–Crippen MR) is 66.2 cm³/mol. The van der Waals surface area contributed by atoms with E-state index in [-0.39, 0.29) is 17.5 Å². The minimum absolute atomic E-state index is 0.0179. The molecule has 1 aliphatic carbocycles. The molecule has 16 heavy (non-hydrogen) atoms. The van der Waals surface area contributed by atoms with Gasteiger partial charge < -0.3 is 16.0 Å². The van der Waals surface area contributed by atoms with E-state index in [1.807, 2.05) is 6.92 Å². The smallest absolute Gasteiger partial charge is 0.236 e. The third-order valence-electron chi connectivity index (χ3n) is 3.85. The molecule has 1 fully saturated rings. The van der Waals surface area contributed by atoms with Gasteiger partial charge in [-0.3, -0.25) is 4.79 Å². The highest BCUT2D eigenvalue weighted by atomic mass is 16.2. The van der Waals surface area contributed by atoms with Crippen molar-refractivity contribution in [3.8, 4) is 0 Å². The van der Waals surface area contributed by atoms with Gasteiger partial charge in [0.1, 0.15) is 0 Å². The first-order chi connectivity index (χ1) is 7.52. The van der Waals surface area contributed by atoms with Crippen LogP contribution in [0.3, 0.4) is 0 Å². The lowest BCUT2D eigenvalue weighted by molar-refractivity contribution is -0.123. The number of carbonyl (C=O) groups is 1. The number of hydrogen-bond donors (Lipinski definition) is 2. The van der Waals surface area contributed by atoms with Gasteiger partial charge in [-0.15, -0.1) is 0 Å². The van der Waals surface area contributed by atoms with Crippen molar-refractivity contribution in [3.63, 3.8) is 0 Å². The van der Waals surface area contributed by atoms with Crippen molar-refractivity contribution in [3.05, 3.63) is 0 Å². The average Bonchev–Trinajstić information content (AvgIpc) is 2.74. The molecular formula is C12H25N3O. The quantitative estimate of drug-likeness (QED) is 0.727. The summed E-state index contributed by atoms with van der Waals surface area (Å²) in [6, 6.07) is -0.361. The molecule has 1 amide bonds. The molecule has 1 saturated carbocycles. The summed E-state index contributed by atoms with van der Waals surface area (Å²) in [5.74, 6) is -0.0179. The van der Waals surface area contributed by atoms with E-state index in [0.29, 0.717) is 6.42 Å². The van der Waals surface area contributed by atoms with Crippen LogP contribution < -0.4 is 11.1 Å². The molecule has 1 aliphatic rings. The molecule has 0 heterocycles. The van der Waals surface area contributed by atoms with Crippen LogP contribution in [0, 0.1) is 0 Å². The van der Waals surface area contributed by atoms with Crippen LogP contribution in [-0.4, -0.2) is 43.0 Å². The van der Waals surface area contributed by atoms with E-state index in [1.165, 1.54) is 25.7 Å². The van der Waals surface area contributed by atoms with Gasteiger partial charge in [0, 0.05) is 12.1 Å². The minimum atomic E-state index is -0.361. The predicted octanol–water partition coefficient (Wildman–Crippen LogP) is 0.714. The van der Waals surface area contributed by atoms with E-state index in [2.05, 4.69) is 24.3 Å². The van der Waals surface area contributed by atoms with Crippen LogP contribution in [-0.2, 0) is 4.79 Å². The van der Waals surface area contributed by atoms with Crippen molar-refractivity contribution in [2.75, 3.05) is 20.6 Å². The van der Waals surface area contributed by atoms with Crippen molar-refractivity contribution >= 4 is 5.91 Å². The maximum absolute atomic E-state index is 11.6. The van der Waals surface area contributed by atoms with Gasteiger partial charge in [-0.05, 0) is 33.4 Å². The summed E-state index contributed by atoms with van der Waals surface area (Å²) in [4.78, 5) is 13.9. The van der Waals surface area contributed by atoms with Crippen LogP contribution in [0.4, 0.5) is 0 Å². The number of likely N-dealkylation sites (N-methyl/N-ethyl adjacent to an activating group) is 1. The third kappa shape index (κ3) is 2.95. The molecule has 0 bridgehead atoms. The van der Waals surface area contributed by atoms with Gasteiger partial charge in [-0.25, -0.2) is 0 Å². The van der Waals surface area contributed by atoms with Crippen molar-refractivity contribution in [1.82, 2.24) is 10.2 Å². The Morgan fingerprint density at radius 2 is 2.00 bits per heavy atom. The first kappa shape index (κ1) is 13.5. The molecule has 0 unspecified atom stereocenters. The van der Waals surface area contributed by atoms with Gasteiger partial charge >= 0.3 is 0 Å². The number of carbonyl (C=O) groups excluding carboxylic acids is 1. The maximum Gasteiger partial charge on any atom is 0.236 e. The van der Waals surface area contributed by atoms with E-state index in [1.54, 1.807) is 0 Å². The normalized spacial score (nSPS) is 21.1. The van der Waals surface area contributed by atoms with Crippen molar-refractivity contribution in [2.24, 2.45) is 5.73 Å². The number of nitrogens with zero attached hydrogens (tertiary/aromatic N) is 1. The fraction of sp³-hybridized carbons (Fsp3) is 0.917. The molecule has 0 aromatic rings. The molecule has 4 nitrogen and oxygen atoms in total. The molecule has 3 N–H and O–H groups in total. The fourth-order valence-electron chi connectivity index (χ4n) is 2.38. The van der Waals surface area contributed by atoms with Crippen LogP contribution >= 0.6 is 0 Å². The summed E-state index contributed by atoms with van der Waals surface area (Å²) >= 11 is 0. The highest BCUT2D eigenvalue weighted by Gasteiger charge is 2.36. The molecule has 0 aliphatic heterocycles. The van der Waals surface area contributed by atoms with E-state index >= 15 is 0 Å². The second-order valence-electron chi connectivity index (χ2n) is 5.06. The van der Waals surface area contributed by atoms with Crippen LogP contribution in [0.25, 0.3) is 0 Å². The van der Waals surface area contributed by atoms with Gasteiger partial charge in [-0.2, -0.15) is 0 Å². The second-order valence-corrected chi connectivity index (χ2v) is 5.06. The summed E-state index contributed by atoms with van der Waals surface area (Å²) in [6.45, 7) is 2.66. The molecule has 0 saturated heterocycles.